The zero-order valence-corrected chi connectivity index (χ0v) is 12.0. The fourth-order valence-corrected chi connectivity index (χ4v) is 2.84. The fourth-order valence-electron chi connectivity index (χ4n) is 2.84. The molecule has 7 heteroatoms. The highest BCUT2D eigenvalue weighted by atomic mass is 16.5. The first-order valence-electron chi connectivity index (χ1n) is 6.54. The van der Waals surface area contributed by atoms with Crippen molar-refractivity contribution >= 4 is 11.8 Å². The third-order valence-electron chi connectivity index (χ3n) is 3.80. The summed E-state index contributed by atoms with van der Waals surface area (Å²) in [6.45, 7) is 2.43. The maximum atomic E-state index is 12.7. The third-order valence-corrected chi connectivity index (χ3v) is 3.80. The van der Waals surface area contributed by atoms with Crippen LogP contribution in [0, 0.1) is 6.92 Å². The van der Waals surface area contributed by atoms with E-state index in [1.54, 1.807) is 13.1 Å². The van der Waals surface area contributed by atoms with E-state index in [0.717, 1.165) is 12.1 Å². The molecule has 0 spiro atoms. The molecule has 1 fully saturated rings. The molecule has 7 nitrogen and oxygen atoms in total. The van der Waals surface area contributed by atoms with E-state index < -0.39 is 11.4 Å². The van der Waals surface area contributed by atoms with Crippen LogP contribution in [0.15, 0.2) is 6.07 Å². The van der Waals surface area contributed by atoms with Gasteiger partial charge in [-0.1, -0.05) is 0 Å². The molecule has 1 atom stereocenters. The third kappa shape index (κ3) is 2.18. The molecule has 0 aromatic carbocycles. The predicted molar refractivity (Wildman–Crippen MR) is 72.0 cm³/mol. The van der Waals surface area contributed by atoms with E-state index in [0.29, 0.717) is 18.7 Å². The highest BCUT2D eigenvalue weighted by Gasteiger charge is 2.49. The number of methoxy groups -OCH3 is 1. The molecule has 1 aliphatic rings. The van der Waals surface area contributed by atoms with Crippen molar-refractivity contribution in [2.75, 3.05) is 20.3 Å². The quantitative estimate of drug-likeness (QED) is 0.829. The summed E-state index contributed by atoms with van der Waals surface area (Å²) in [5.74, 6) is -0.759. The van der Waals surface area contributed by atoms with Crippen LogP contribution in [0.1, 0.15) is 29.0 Å². The Bertz CT molecular complexity index is 540. The van der Waals surface area contributed by atoms with Gasteiger partial charge in [0.05, 0.1) is 12.3 Å². The minimum Gasteiger partial charge on any atom is -0.382 e. The summed E-state index contributed by atoms with van der Waals surface area (Å²) in [6, 6.07) is 1.71. The van der Waals surface area contributed by atoms with Crippen LogP contribution in [0.25, 0.3) is 0 Å². The van der Waals surface area contributed by atoms with Crippen molar-refractivity contribution in [2.24, 2.45) is 12.8 Å². The van der Waals surface area contributed by atoms with E-state index in [2.05, 4.69) is 5.10 Å². The number of carbonyl (C=O) groups excluding carboxylic acids is 2. The van der Waals surface area contributed by atoms with Crippen LogP contribution in [0.3, 0.4) is 0 Å². The SMILES string of the molecule is COCC1(C(N)=O)CCCN1C(=O)c1cc(C)nn1C. The molecule has 1 unspecified atom stereocenters. The minimum atomic E-state index is -1.05. The van der Waals surface area contributed by atoms with E-state index in [9.17, 15) is 9.59 Å². The van der Waals surface area contributed by atoms with Crippen LogP contribution < -0.4 is 5.73 Å². The van der Waals surface area contributed by atoms with Crippen molar-refractivity contribution in [3.8, 4) is 0 Å². The Morgan fingerprint density at radius 3 is 2.75 bits per heavy atom. The van der Waals surface area contributed by atoms with Gasteiger partial charge in [0.1, 0.15) is 11.2 Å². The number of aromatic nitrogens is 2. The average Bonchev–Trinajstić information content (AvgIpc) is 2.93. The number of carbonyl (C=O) groups is 2. The van der Waals surface area contributed by atoms with Crippen LogP contribution >= 0.6 is 0 Å². The van der Waals surface area contributed by atoms with Gasteiger partial charge in [-0.2, -0.15) is 5.10 Å². The normalized spacial score (nSPS) is 22.2. The zero-order valence-electron chi connectivity index (χ0n) is 12.0. The number of ether oxygens (including phenoxy) is 1. The standard InChI is InChI=1S/C13H20N4O3/c1-9-7-10(16(2)15-9)11(18)17-6-4-5-13(17,8-20-3)12(14)19/h7H,4-6,8H2,1-3H3,(H2,14,19). The highest BCUT2D eigenvalue weighted by Crippen LogP contribution is 2.31. The van der Waals surface area contributed by atoms with Gasteiger partial charge in [-0.3, -0.25) is 14.3 Å². The molecule has 0 saturated carbocycles. The molecule has 110 valence electrons. The first-order chi connectivity index (χ1) is 9.42. The number of aryl methyl sites for hydroxylation is 2. The summed E-state index contributed by atoms with van der Waals surface area (Å²) < 4.78 is 6.65. The lowest BCUT2D eigenvalue weighted by Gasteiger charge is -2.35. The average molecular weight is 280 g/mol. The predicted octanol–water partition coefficient (Wildman–Crippen LogP) is -0.165. The van der Waals surface area contributed by atoms with Gasteiger partial charge in [0, 0.05) is 20.7 Å². The molecule has 20 heavy (non-hydrogen) atoms. The molecule has 2 heterocycles. The minimum absolute atomic E-state index is 0.116. The van der Waals surface area contributed by atoms with Crippen LogP contribution in [0.5, 0.6) is 0 Å². The number of rotatable bonds is 4. The molecule has 1 aromatic heterocycles. The van der Waals surface area contributed by atoms with Gasteiger partial charge in [0.2, 0.25) is 5.91 Å². The Kier molecular flexibility index (Phi) is 3.80. The lowest BCUT2D eigenvalue weighted by Crippen LogP contribution is -2.59. The van der Waals surface area contributed by atoms with Crippen molar-refractivity contribution < 1.29 is 14.3 Å². The van der Waals surface area contributed by atoms with Crippen molar-refractivity contribution in [3.05, 3.63) is 17.5 Å². The summed E-state index contributed by atoms with van der Waals surface area (Å²) in [6.07, 6.45) is 1.26. The number of amides is 2. The molecule has 1 aromatic rings. The molecule has 2 N–H and O–H groups in total. The Morgan fingerprint density at radius 2 is 2.25 bits per heavy atom. The molecule has 1 aliphatic heterocycles. The summed E-state index contributed by atoms with van der Waals surface area (Å²) in [4.78, 5) is 26.1. The van der Waals surface area contributed by atoms with Gasteiger partial charge in [-0.05, 0) is 25.8 Å². The van der Waals surface area contributed by atoms with Gasteiger partial charge >= 0.3 is 0 Å². The Labute approximate surface area is 117 Å². The topological polar surface area (TPSA) is 90.4 Å². The number of primary amides is 1. The van der Waals surface area contributed by atoms with E-state index in [4.69, 9.17) is 10.5 Å². The lowest BCUT2D eigenvalue weighted by molar-refractivity contribution is -0.130. The van der Waals surface area contributed by atoms with Gasteiger partial charge in [0.15, 0.2) is 0 Å². The molecule has 0 radical (unpaired) electrons. The number of hydrogen-bond donors (Lipinski definition) is 1. The lowest BCUT2D eigenvalue weighted by atomic mass is 9.96. The zero-order chi connectivity index (χ0) is 14.9. The van der Waals surface area contributed by atoms with Gasteiger partial charge in [-0.25, -0.2) is 0 Å². The van der Waals surface area contributed by atoms with Gasteiger partial charge < -0.3 is 15.4 Å². The summed E-state index contributed by atoms with van der Waals surface area (Å²) in [5.41, 5.74) is 5.69. The maximum Gasteiger partial charge on any atom is 0.273 e. The highest BCUT2D eigenvalue weighted by molar-refractivity contribution is 5.98. The van der Waals surface area contributed by atoms with Crippen molar-refractivity contribution in [2.45, 2.75) is 25.3 Å². The molecule has 1 saturated heterocycles. The Morgan fingerprint density at radius 1 is 1.55 bits per heavy atom. The largest absolute Gasteiger partial charge is 0.382 e. The van der Waals surface area contributed by atoms with Gasteiger partial charge in [0.25, 0.3) is 5.91 Å². The molecule has 2 amide bonds. The van der Waals surface area contributed by atoms with Crippen molar-refractivity contribution in [3.63, 3.8) is 0 Å². The van der Waals surface area contributed by atoms with Crippen LogP contribution in [0.2, 0.25) is 0 Å². The summed E-state index contributed by atoms with van der Waals surface area (Å²) in [7, 11) is 3.21. The Balaban J connectivity index is 2.37. The molecular formula is C13H20N4O3. The summed E-state index contributed by atoms with van der Waals surface area (Å²) in [5, 5.41) is 4.16. The smallest absolute Gasteiger partial charge is 0.273 e. The van der Waals surface area contributed by atoms with Crippen LogP contribution in [-0.4, -0.2) is 52.3 Å². The van der Waals surface area contributed by atoms with E-state index >= 15 is 0 Å². The second-order valence-corrected chi connectivity index (χ2v) is 5.18. The monoisotopic (exact) mass is 280 g/mol. The van der Waals surface area contributed by atoms with Crippen LogP contribution in [-0.2, 0) is 16.6 Å². The molecular weight excluding hydrogens is 260 g/mol. The van der Waals surface area contributed by atoms with E-state index in [1.807, 2.05) is 6.92 Å². The summed E-state index contributed by atoms with van der Waals surface area (Å²) >= 11 is 0. The Hall–Kier alpha value is -1.89. The molecule has 0 aliphatic carbocycles. The maximum absolute atomic E-state index is 12.7. The van der Waals surface area contributed by atoms with Crippen LogP contribution in [0.4, 0.5) is 0 Å². The van der Waals surface area contributed by atoms with Gasteiger partial charge in [-0.15, -0.1) is 0 Å². The number of hydrogen-bond acceptors (Lipinski definition) is 4. The first-order valence-corrected chi connectivity index (χ1v) is 6.54. The first kappa shape index (κ1) is 14.5. The number of nitrogens with two attached hydrogens (primary N) is 1. The second-order valence-electron chi connectivity index (χ2n) is 5.18. The molecule has 0 bridgehead atoms. The molecule has 2 rings (SSSR count). The van der Waals surface area contributed by atoms with E-state index in [-0.39, 0.29) is 12.5 Å². The van der Waals surface area contributed by atoms with Crippen molar-refractivity contribution in [1.82, 2.24) is 14.7 Å². The fraction of sp³-hybridized carbons (Fsp3) is 0.615. The van der Waals surface area contributed by atoms with Crippen molar-refractivity contribution in [1.29, 1.82) is 0 Å². The second kappa shape index (κ2) is 5.24. The number of likely N-dealkylation sites (tertiary alicyclic amines) is 1. The number of nitrogens with zero attached hydrogens (tertiary/aromatic N) is 3. The van der Waals surface area contributed by atoms with E-state index in [1.165, 1.54) is 16.7 Å².